The molecular weight excluding hydrogens is 243 g/mol. The molecule has 0 N–H and O–H groups in total. The van der Waals surface area contributed by atoms with Gasteiger partial charge in [0.2, 0.25) is 0 Å². The summed E-state index contributed by atoms with van der Waals surface area (Å²) < 4.78 is 11.5. The first kappa shape index (κ1) is 9.60. The number of esters is 1. The van der Waals surface area contributed by atoms with Gasteiger partial charge in [0.25, 0.3) is 0 Å². The maximum atomic E-state index is 11.5. The summed E-state index contributed by atoms with van der Waals surface area (Å²) in [5.74, 6) is -0.612. The molecule has 0 saturated carbocycles. The Kier molecular flexibility index (Phi) is 2.07. The third kappa shape index (κ3) is 1.64. The van der Waals surface area contributed by atoms with Crippen molar-refractivity contribution in [2.75, 3.05) is 0 Å². The minimum atomic E-state index is -0.867. The first-order valence-electron chi connectivity index (χ1n) is 4.23. The van der Waals surface area contributed by atoms with Crippen molar-refractivity contribution in [3.05, 3.63) is 23.8 Å². The van der Waals surface area contributed by atoms with Crippen LogP contribution in [0.1, 0.15) is 24.2 Å². The van der Waals surface area contributed by atoms with Crippen LogP contribution in [0.25, 0.3) is 0 Å². The Bertz CT molecular complexity index is 398. The number of ether oxygens (including phenoxy) is 2. The van der Waals surface area contributed by atoms with E-state index in [9.17, 15) is 4.79 Å². The maximum absolute atomic E-state index is 11.5. The Morgan fingerprint density at radius 3 is 2.71 bits per heavy atom. The number of hydrogen-bond donors (Lipinski definition) is 0. The molecular formula is C10H9AsO3. The van der Waals surface area contributed by atoms with Gasteiger partial charge in [-0.1, -0.05) is 0 Å². The van der Waals surface area contributed by atoms with Crippen molar-refractivity contribution < 1.29 is 14.3 Å². The van der Waals surface area contributed by atoms with Crippen LogP contribution in [0.2, 0.25) is 0 Å². The predicted octanol–water partition coefficient (Wildman–Crippen LogP) is 0.766. The molecule has 0 unspecified atom stereocenters. The molecule has 4 heteroatoms. The Balaban J connectivity index is 2.50. The molecule has 0 saturated heterocycles. The van der Waals surface area contributed by atoms with Gasteiger partial charge in [-0.05, 0) is 0 Å². The normalized spacial score (nSPS) is 18.1. The third-order valence-corrected chi connectivity index (χ3v) is 2.46. The van der Waals surface area contributed by atoms with E-state index in [0.29, 0.717) is 11.3 Å². The van der Waals surface area contributed by atoms with Crippen molar-refractivity contribution in [2.45, 2.75) is 19.6 Å². The van der Waals surface area contributed by atoms with Gasteiger partial charge in [-0.2, -0.15) is 0 Å². The summed E-state index contributed by atoms with van der Waals surface area (Å²) in [6.45, 7) is 3.42. The van der Waals surface area contributed by atoms with Crippen molar-refractivity contribution in [3.8, 4) is 5.75 Å². The molecule has 1 heterocycles. The molecule has 0 bridgehead atoms. The van der Waals surface area contributed by atoms with Gasteiger partial charge in [0.05, 0.1) is 0 Å². The van der Waals surface area contributed by atoms with Crippen molar-refractivity contribution in [3.63, 3.8) is 0 Å². The van der Waals surface area contributed by atoms with Gasteiger partial charge >= 0.3 is 90.6 Å². The van der Waals surface area contributed by atoms with E-state index < -0.39 is 5.79 Å². The number of cyclic esters (lactones) is 1. The molecule has 2 rings (SSSR count). The standard InChI is InChI=1S/C10H9AsO3/c1-10(2)13-8-4-3-6(11)5-7(8)9(12)14-10/h3-5H,1-2H3. The van der Waals surface area contributed by atoms with Crippen LogP contribution in [0.15, 0.2) is 18.2 Å². The zero-order valence-electron chi connectivity index (χ0n) is 7.90. The van der Waals surface area contributed by atoms with E-state index in [1.165, 1.54) is 0 Å². The van der Waals surface area contributed by atoms with Gasteiger partial charge in [0, 0.05) is 0 Å². The van der Waals surface area contributed by atoms with Gasteiger partial charge < -0.3 is 0 Å². The number of fused-ring (bicyclic) bond motifs is 1. The number of rotatable bonds is 0. The number of benzene rings is 1. The summed E-state index contributed by atoms with van der Waals surface area (Å²) in [6.07, 6.45) is 0. The fraction of sp³-hybridized carbons (Fsp3) is 0.300. The van der Waals surface area contributed by atoms with Crippen LogP contribution in [0.5, 0.6) is 5.75 Å². The van der Waals surface area contributed by atoms with Crippen LogP contribution in [-0.4, -0.2) is 28.6 Å². The molecule has 0 aliphatic carbocycles. The minimum absolute atomic E-state index is 0.329. The van der Waals surface area contributed by atoms with Crippen LogP contribution in [0.3, 0.4) is 0 Å². The summed E-state index contributed by atoms with van der Waals surface area (Å²) in [5, 5.41) is 0. The van der Waals surface area contributed by atoms with E-state index in [1.54, 1.807) is 26.0 Å². The number of carbonyl (C=O) groups is 1. The molecule has 1 aliphatic heterocycles. The predicted molar refractivity (Wildman–Crippen MR) is 52.0 cm³/mol. The topological polar surface area (TPSA) is 35.5 Å². The summed E-state index contributed by atoms with van der Waals surface area (Å²) in [7, 11) is 0. The Morgan fingerprint density at radius 2 is 2.00 bits per heavy atom. The quantitative estimate of drug-likeness (QED) is 0.505. The first-order chi connectivity index (χ1) is 6.48. The van der Waals surface area contributed by atoms with Crippen LogP contribution in [0.4, 0.5) is 0 Å². The summed E-state index contributed by atoms with van der Waals surface area (Å²) >= 11 is 2.38. The molecule has 0 fully saturated rings. The van der Waals surface area contributed by atoms with Crippen LogP contribution < -0.4 is 9.09 Å². The summed E-state index contributed by atoms with van der Waals surface area (Å²) in [5.41, 5.74) is 0.488. The second-order valence-electron chi connectivity index (χ2n) is 3.57. The van der Waals surface area contributed by atoms with Crippen LogP contribution in [0, 0.1) is 0 Å². The molecule has 1 aliphatic rings. The zero-order chi connectivity index (χ0) is 10.3. The molecule has 2 radical (unpaired) electrons. The molecule has 72 valence electrons. The fourth-order valence-electron chi connectivity index (χ4n) is 1.33. The first-order valence-corrected chi connectivity index (χ1v) is 5.17. The summed E-state index contributed by atoms with van der Waals surface area (Å²) in [6, 6.07) is 5.41. The van der Waals surface area contributed by atoms with E-state index in [0.717, 1.165) is 4.35 Å². The molecule has 1 aromatic rings. The molecule has 0 spiro atoms. The zero-order valence-corrected chi connectivity index (χ0v) is 9.78. The van der Waals surface area contributed by atoms with Crippen molar-refractivity contribution in [1.29, 1.82) is 0 Å². The van der Waals surface area contributed by atoms with E-state index in [2.05, 4.69) is 16.9 Å². The Hall–Kier alpha value is -0.952. The molecule has 3 nitrogen and oxygen atoms in total. The van der Waals surface area contributed by atoms with Crippen molar-refractivity contribution in [2.24, 2.45) is 0 Å². The second kappa shape index (κ2) is 3.03. The van der Waals surface area contributed by atoms with E-state index in [1.807, 2.05) is 6.07 Å². The second-order valence-corrected chi connectivity index (χ2v) is 4.66. The SMILES string of the molecule is CC1(C)OC(=O)c2cc([As])ccc2O1. The average Bonchev–Trinajstić information content (AvgIpc) is 2.05. The van der Waals surface area contributed by atoms with Gasteiger partial charge in [-0.25, -0.2) is 0 Å². The Labute approximate surface area is 90.9 Å². The van der Waals surface area contributed by atoms with E-state index in [-0.39, 0.29) is 5.97 Å². The van der Waals surface area contributed by atoms with Crippen molar-refractivity contribution >= 4 is 27.2 Å². The van der Waals surface area contributed by atoms with Crippen molar-refractivity contribution in [1.82, 2.24) is 0 Å². The van der Waals surface area contributed by atoms with E-state index in [4.69, 9.17) is 9.47 Å². The van der Waals surface area contributed by atoms with Gasteiger partial charge in [-0.15, -0.1) is 0 Å². The van der Waals surface area contributed by atoms with Gasteiger partial charge in [0.15, 0.2) is 0 Å². The number of carbonyl (C=O) groups excluding carboxylic acids is 1. The van der Waals surface area contributed by atoms with Crippen LogP contribution >= 0.6 is 0 Å². The molecule has 0 aromatic heterocycles. The molecule has 0 amide bonds. The molecule has 0 atom stereocenters. The third-order valence-electron chi connectivity index (χ3n) is 1.88. The van der Waals surface area contributed by atoms with Gasteiger partial charge in [-0.3, -0.25) is 0 Å². The average molecular weight is 252 g/mol. The van der Waals surface area contributed by atoms with E-state index >= 15 is 0 Å². The number of hydrogen-bond acceptors (Lipinski definition) is 3. The molecule has 1 aromatic carbocycles. The Morgan fingerprint density at radius 1 is 1.29 bits per heavy atom. The summed E-state index contributed by atoms with van der Waals surface area (Å²) in [4.78, 5) is 11.5. The van der Waals surface area contributed by atoms with Gasteiger partial charge in [0.1, 0.15) is 0 Å². The fourth-order valence-corrected chi connectivity index (χ4v) is 1.76. The molecule has 14 heavy (non-hydrogen) atoms. The van der Waals surface area contributed by atoms with Crippen LogP contribution in [-0.2, 0) is 4.74 Å². The monoisotopic (exact) mass is 252 g/mol.